The van der Waals surface area contributed by atoms with Crippen molar-refractivity contribution in [2.45, 2.75) is 25.6 Å². The van der Waals surface area contributed by atoms with E-state index in [0.717, 1.165) is 16.7 Å². The van der Waals surface area contributed by atoms with Crippen LogP contribution in [0.1, 0.15) is 35.3 Å². The molecule has 1 unspecified atom stereocenters. The van der Waals surface area contributed by atoms with E-state index in [9.17, 15) is 9.50 Å². The number of benzene rings is 2. The number of hydrogen-bond acceptors (Lipinski definition) is 2. The average Bonchev–Trinajstić information content (AvgIpc) is 2.40. The van der Waals surface area contributed by atoms with E-state index in [1.807, 2.05) is 25.1 Å². The van der Waals surface area contributed by atoms with Crippen LogP contribution in [0.3, 0.4) is 0 Å². The molecule has 1 N–H and O–H groups in total. The fourth-order valence-electron chi connectivity index (χ4n) is 2.45. The van der Waals surface area contributed by atoms with Gasteiger partial charge in [-0.25, -0.2) is 4.39 Å². The molecule has 2 atom stereocenters. The normalized spacial score (nSPS) is 21.6. The zero-order valence-electron chi connectivity index (χ0n) is 10.6. The fraction of sp³-hybridized carbons (Fsp3) is 0.250. The van der Waals surface area contributed by atoms with Crippen molar-refractivity contribution in [1.82, 2.24) is 0 Å². The van der Waals surface area contributed by atoms with E-state index >= 15 is 0 Å². The van der Waals surface area contributed by atoms with Crippen LogP contribution in [-0.4, -0.2) is 5.11 Å². The third-order valence-corrected chi connectivity index (χ3v) is 3.47. The first-order chi connectivity index (χ1) is 9.13. The molecular formula is C16H15FO2. The van der Waals surface area contributed by atoms with Gasteiger partial charge in [0.1, 0.15) is 17.7 Å². The number of aryl methyl sites for hydroxylation is 1. The first-order valence-electron chi connectivity index (χ1n) is 6.34. The Morgan fingerprint density at radius 1 is 1.16 bits per heavy atom. The van der Waals surface area contributed by atoms with E-state index in [2.05, 4.69) is 0 Å². The molecule has 0 fully saturated rings. The lowest BCUT2D eigenvalue weighted by atomic mass is 9.94. The Morgan fingerprint density at radius 3 is 2.63 bits per heavy atom. The predicted octanol–water partition coefficient (Wildman–Crippen LogP) is 3.69. The Morgan fingerprint density at radius 2 is 1.89 bits per heavy atom. The highest BCUT2D eigenvalue weighted by Crippen LogP contribution is 2.40. The highest BCUT2D eigenvalue weighted by molar-refractivity contribution is 5.41. The highest BCUT2D eigenvalue weighted by atomic mass is 19.1. The molecule has 1 aliphatic rings. The third kappa shape index (κ3) is 2.34. The highest BCUT2D eigenvalue weighted by Gasteiger charge is 2.27. The Hall–Kier alpha value is -1.87. The lowest BCUT2D eigenvalue weighted by Crippen LogP contribution is -2.19. The number of aliphatic hydroxyl groups excluding tert-OH is 1. The Kier molecular flexibility index (Phi) is 2.99. The van der Waals surface area contributed by atoms with Crippen LogP contribution < -0.4 is 4.74 Å². The molecule has 0 saturated heterocycles. The van der Waals surface area contributed by atoms with Gasteiger partial charge in [0.25, 0.3) is 0 Å². The van der Waals surface area contributed by atoms with Gasteiger partial charge in [0, 0.05) is 12.0 Å². The van der Waals surface area contributed by atoms with Gasteiger partial charge in [0.2, 0.25) is 0 Å². The van der Waals surface area contributed by atoms with Crippen LogP contribution in [0.4, 0.5) is 4.39 Å². The van der Waals surface area contributed by atoms with Gasteiger partial charge in [-0.15, -0.1) is 0 Å². The molecule has 0 spiro atoms. The van der Waals surface area contributed by atoms with Crippen LogP contribution in [0.5, 0.6) is 5.75 Å². The van der Waals surface area contributed by atoms with Gasteiger partial charge in [-0.1, -0.05) is 23.8 Å². The molecule has 0 aromatic heterocycles. The van der Waals surface area contributed by atoms with Crippen molar-refractivity contribution >= 4 is 0 Å². The van der Waals surface area contributed by atoms with Crippen molar-refractivity contribution in [3.8, 4) is 5.75 Å². The predicted molar refractivity (Wildman–Crippen MR) is 70.5 cm³/mol. The standard InChI is InChI=1S/C16H15FO2/c1-10-2-7-15-13(8-10)14(18)9-16(19-15)11-3-5-12(17)6-4-11/h2-8,14,16,18H,9H2,1H3/t14-,16?/m1/s1. The van der Waals surface area contributed by atoms with Crippen molar-refractivity contribution in [2.75, 3.05) is 0 Å². The van der Waals surface area contributed by atoms with Gasteiger partial charge in [-0.05, 0) is 36.8 Å². The van der Waals surface area contributed by atoms with E-state index in [-0.39, 0.29) is 11.9 Å². The molecule has 19 heavy (non-hydrogen) atoms. The van der Waals surface area contributed by atoms with Crippen LogP contribution >= 0.6 is 0 Å². The van der Waals surface area contributed by atoms with E-state index in [0.29, 0.717) is 12.2 Å². The molecule has 2 aromatic rings. The first kappa shape index (κ1) is 12.2. The van der Waals surface area contributed by atoms with Crippen molar-refractivity contribution < 1.29 is 14.2 Å². The molecule has 2 aromatic carbocycles. The maximum absolute atomic E-state index is 12.9. The topological polar surface area (TPSA) is 29.5 Å². The van der Waals surface area contributed by atoms with Crippen LogP contribution in [0, 0.1) is 12.7 Å². The molecule has 3 rings (SSSR count). The summed E-state index contributed by atoms with van der Waals surface area (Å²) in [5.41, 5.74) is 2.81. The third-order valence-electron chi connectivity index (χ3n) is 3.47. The maximum atomic E-state index is 12.9. The molecule has 1 aliphatic heterocycles. The minimum atomic E-state index is -0.543. The van der Waals surface area contributed by atoms with E-state index < -0.39 is 6.10 Å². The summed E-state index contributed by atoms with van der Waals surface area (Å²) in [7, 11) is 0. The Balaban J connectivity index is 1.92. The van der Waals surface area contributed by atoms with Gasteiger partial charge >= 0.3 is 0 Å². The Bertz CT molecular complexity index is 592. The fourth-order valence-corrected chi connectivity index (χ4v) is 2.45. The second-order valence-electron chi connectivity index (χ2n) is 4.95. The maximum Gasteiger partial charge on any atom is 0.127 e. The van der Waals surface area contributed by atoms with Crippen LogP contribution in [-0.2, 0) is 0 Å². The molecule has 2 nitrogen and oxygen atoms in total. The number of rotatable bonds is 1. The quantitative estimate of drug-likeness (QED) is 0.845. The van der Waals surface area contributed by atoms with Crippen molar-refractivity contribution in [3.63, 3.8) is 0 Å². The zero-order valence-corrected chi connectivity index (χ0v) is 10.6. The van der Waals surface area contributed by atoms with Gasteiger partial charge in [-0.2, -0.15) is 0 Å². The van der Waals surface area contributed by atoms with Crippen LogP contribution in [0.15, 0.2) is 42.5 Å². The van der Waals surface area contributed by atoms with Crippen molar-refractivity contribution in [2.24, 2.45) is 0 Å². The largest absolute Gasteiger partial charge is 0.485 e. The molecule has 0 amide bonds. The van der Waals surface area contributed by atoms with Gasteiger partial charge < -0.3 is 9.84 Å². The van der Waals surface area contributed by atoms with Crippen molar-refractivity contribution in [3.05, 3.63) is 65.0 Å². The summed E-state index contributed by atoms with van der Waals surface area (Å²) >= 11 is 0. The first-order valence-corrected chi connectivity index (χ1v) is 6.34. The number of aliphatic hydroxyl groups is 1. The summed E-state index contributed by atoms with van der Waals surface area (Å²) in [6, 6.07) is 12.0. The molecule has 98 valence electrons. The van der Waals surface area contributed by atoms with Gasteiger partial charge in [-0.3, -0.25) is 0 Å². The Labute approximate surface area is 111 Å². The average molecular weight is 258 g/mol. The van der Waals surface area contributed by atoms with Crippen molar-refractivity contribution in [1.29, 1.82) is 0 Å². The van der Waals surface area contributed by atoms with Gasteiger partial charge in [0.05, 0.1) is 6.10 Å². The number of ether oxygens (including phenoxy) is 1. The van der Waals surface area contributed by atoms with Crippen LogP contribution in [0.25, 0.3) is 0 Å². The summed E-state index contributed by atoms with van der Waals surface area (Å²) in [4.78, 5) is 0. The smallest absolute Gasteiger partial charge is 0.127 e. The summed E-state index contributed by atoms with van der Waals surface area (Å²) < 4.78 is 18.8. The van der Waals surface area contributed by atoms with E-state index in [4.69, 9.17) is 4.74 Å². The summed E-state index contributed by atoms with van der Waals surface area (Å²) in [5, 5.41) is 10.2. The number of halogens is 1. The number of fused-ring (bicyclic) bond motifs is 1. The minimum absolute atomic E-state index is 0.231. The molecule has 3 heteroatoms. The molecule has 0 radical (unpaired) electrons. The molecular weight excluding hydrogens is 243 g/mol. The summed E-state index contributed by atoms with van der Waals surface area (Å²) in [5.74, 6) is 0.440. The van der Waals surface area contributed by atoms with E-state index in [1.54, 1.807) is 12.1 Å². The molecule has 0 saturated carbocycles. The lowest BCUT2D eigenvalue weighted by molar-refractivity contribution is 0.0656. The summed E-state index contributed by atoms with van der Waals surface area (Å²) in [6.45, 7) is 1.99. The number of hydrogen-bond donors (Lipinski definition) is 1. The monoisotopic (exact) mass is 258 g/mol. The van der Waals surface area contributed by atoms with Crippen LogP contribution in [0.2, 0.25) is 0 Å². The minimum Gasteiger partial charge on any atom is -0.485 e. The zero-order chi connectivity index (χ0) is 13.4. The second-order valence-corrected chi connectivity index (χ2v) is 4.95. The second kappa shape index (κ2) is 4.67. The SMILES string of the molecule is Cc1ccc2c(c1)[C@H](O)CC(c1ccc(F)cc1)O2. The lowest BCUT2D eigenvalue weighted by Gasteiger charge is -2.30. The van der Waals surface area contributed by atoms with E-state index in [1.165, 1.54) is 12.1 Å². The summed E-state index contributed by atoms with van der Waals surface area (Å²) in [6.07, 6.45) is -0.285. The molecule has 1 heterocycles. The molecule has 0 bridgehead atoms. The molecule has 0 aliphatic carbocycles. The van der Waals surface area contributed by atoms with Gasteiger partial charge in [0.15, 0.2) is 0 Å².